The van der Waals surface area contributed by atoms with Crippen LogP contribution < -0.4 is 5.32 Å². The van der Waals surface area contributed by atoms with Gasteiger partial charge in [0.1, 0.15) is 17.5 Å². The summed E-state index contributed by atoms with van der Waals surface area (Å²) in [6.07, 6.45) is 3.34. The smallest absolute Gasteiger partial charge is 0.134 e. The fraction of sp³-hybridized carbons (Fsp3) is 0.412. The van der Waals surface area contributed by atoms with Crippen LogP contribution in [0, 0.1) is 12.7 Å². The fourth-order valence-corrected chi connectivity index (χ4v) is 2.36. The second-order valence-corrected chi connectivity index (χ2v) is 5.61. The number of nitrogens with one attached hydrogen (secondary N) is 1. The zero-order chi connectivity index (χ0) is 14.8. The molecule has 1 aromatic carbocycles. The quantitative estimate of drug-likeness (QED) is 0.890. The van der Waals surface area contributed by atoms with Gasteiger partial charge in [-0.3, -0.25) is 0 Å². The molecule has 1 aromatic heterocycles. The molecule has 1 fully saturated rings. The maximum absolute atomic E-state index is 13.8. The third-order valence-electron chi connectivity index (χ3n) is 3.79. The highest BCUT2D eigenvalue weighted by Crippen LogP contribution is 2.39. The first kappa shape index (κ1) is 14.0. The van der Waals surface area contributed by atoms with Gasteiger partial charge in [0, 0.05) is 24.1 Å². The third-order valence-corrected chi connectivity index (χ3v) is 3.79. The van der Waals surface area contributed by atoms with Gasteiger partial charge in [-0.1, -0.05) is 19.1 Å². The van der Waals surface area contributed by atoms with Crippen LogP contribution in [0.2, 0.25) is 0 Å². The predicted octanol–water partition coefficient (Wildman–Crippen LogP) is 4.29. The Morgan fingerprint density at radius 1 is 1.29 bits per heavy atom. The van der Waals surface area contributed by atoms with Gasteiger partial charge in [-0.15, -0.1) is 0 Å². The van der Waals surface area contributed by atoms with Crippen LogP contribution in [-0.2, 0) is 0 Å². The van der Waals surface area contributed by atoms with Gasteiger partial charge in [0.25, 0.3) is 0 Å². The van der Waals surface area contributed by atoms with E-state index >= 15 is 0 Å². The Morgan fingerprint density at radius 2 is 2.10 bits per heavy atom. The second kappa shape index (κ2) is 5.80. The van der Waals surface area contributed by atoms with E-state index in [1.807, 2.05) is 12.1 Å². The van der Waals surface area contributed by atoms with Crippen LogP contribution in [0.25, 0.3) is 11.3 Å². The van der Waals surface area contributed by atoms with Crippen LogP contribution in [0.15, 0.2) is 24.3 Å². The number of hydrogen-bond donors (Lipinski definition) is 1. The molecule has 3 rings (SSSR count). The molecule has 0 saturated heterocycles. The Kier molecular flexibility index (Phi) is 3.86. The number of rotatable bonds is 5. The third kappa shape index (κ3) is 3.04. The van der Waals surface area contributed by atoms with Crippen LogP contribution in [-0.4, -0.2) is 16.5 Å². The molecular formula is C17H20FN3. The van der Waals surface area contributed by atoms with Crippen molar-refractivity contribution in [1.82, 2.24) is 9.97 Å². The summed E-state index contributed by atoms with van der Waals surface area (Å²) < 4.78 is 13.8. The summed E-state index contributed by atoms with van der Waals surface area (Å²) in [5.41, 5.74) is 2.29. The van der Waals surface area contributed by atoms with Gasteiger partial charge in [0.05, 0.1) is 5.69 Å². The van der Waals surface area contributed by atoms with Crippen molar-refractivity contribution >= 4 is 5.82 Å². The first-order chi connectivity index (χ1) is 10.2. The van der Waals surface area contributed by atoms with Gasteiger partial charge in [-0.05, 0) is 37.8 Å². The van der Waals surface area contributed by atoms with Crippen LogP contribution in [0.3, 0.4) is 0 Å². The van der Waals surface area contributed by atoms with Crippen molar-refractivity contribution in [2.75, 3.05) is 11.9 Å². The van der Waals surface area contributed by atoms with E-state index in [-0.39, 0.29) is 5.82 Å². The summed E-state index contributed by atoms with van der Waals surface area (Å²) in [6.45, 7) is 4.79. The van der Waals surface area contributed by atoms with E-state index in [2.05, 4.69) is 22.2 Å². The lowest BCUT2D eigenvalue weighted by Gasteiger charge is -2.11. The molecule has 4 heteroatoms. The normalized spacial score (nSPS) is 14.2. The molecule has 1 aliphatic carbocycles. The molecular weight excluding hydrogens is 265 g/mol. The summed E-state index contributed by atoms with van der Waals surface area (Å²) in [5.74, 6) is 2.00. The predicted molar refractivity (Wildman–Crippen MR) is 82.9 cm³/mol. The number of benzene rings is 1. The summed E-state index contributed by atoms with van der Waals surface area (Å²) in [6, 6.07) is 7.05. The van der Waals surface area contributed by atoms with E-state index in [1.165, 1.54) is 6.07 Å². The maximum atomic E-state index is 13.8. The van der Waals surface area contributed by atoms with Gasteiger partial charge in [-0.25, -0.2) is 14.4 Å². The number of aromatic nitrogens is 2. The molecule has 1 saturated carbocycles. The van der Waals surface area contributed by atoms with Crippen LogP contribution >= 0.6 is 0 Å². The molecule has 0 radical (unpaired) electrons. The Labute approximate surface area is 124 Å². The Morgan fingerprint density at radius 3 is 2.81 bits per heavy atom. The average molecular weight is 285 g/mol. The second-order valence-electron chi connectivity index (χ2n) is 5.61. The molecule has 110 valence electrons. The minimum Gasteiger partial charge on any atom is -0.370 e. The van der Waals surface area contributed by atoms with Gasteiger partial charge in [-0.2, -0.15) is 0 Å². The first-order valence-corrected chi connectivity index (χ1v) is 7.57. The van der Waals surface area contributed by atoms with E-state index in [4.69, 9.17) is 0 Å². The Balaban J connectivity index is 2.03. The van der Waals surface area contributed by atoms with Crippen molar-refractivity contribution in [2.24, 2.45) is 0 Å². The van der Waals surface area contributed by atoms with Crippen LogP contribution in [0.1, 0.15) is 43.5 Å². The molecule has 0 aliphatic heterocycles. The fourth-order valence-electron chi connectivity index (χ4n) is 2.36. The van der Waals surface area contributed by atoms with Crippen molar-refractivity contribution in [3.63, 3.8) is 0 Å². The van der Waals surface area contributed by atoms with E-state index in [0.29, 0.717) is 11.5 Å². The van der Waals surface area contributed by atoms with Crippen molar-refractivity contribution < 1.29 is 4.39 Å². The monoisotopic (exact) mass is 285 g/mol. The molecule has 21 heavy (non-hydrogen) atoms. The van der Waals surface area contributed by atoms with E-state index in [0.717, 1.165) is 48.7 Å². The summed E-state index contributed by atoms with van der Waals surface area (Å²) in [7, 11) is 0. The number of hydrogen-bond acceptors (Lipinski definition) is 3. The van der Waals surface area contributed by atoms with Crippen molar-refractivity contribution in [2.45, 2.75) is 39.0 Å². The molecule has 1 aliphatic rings. The lowest BCUT2D eigenvalue weighted by Crippen LogP contribution is -2.06. The topological polar surface area (TPSA) is 37.8 Å². The van der Waals surface area contributed by atoms with Crippen LogP contribution in [0.4, 0.5) is 10.2 Å². The minimum absolute atomic E-state index is 0.192. The summed E-state index contributed by atoms with van der Waals surface area (Å²) >= 11 is 0. The zero-order valence-corrected chi connectivity index (χ0v) is 12.5. The van der Waals surface area contributed by atoms with Gasteiger partial charge in [0.15, 0.2) is 0 Å². The van der Waals surface area contributed by atoms with E-state index in [9.17, 15) is 4.39 Å². The summed E-state index contributed by atoms with van der Waals surface area (Å²) in [5, 5.41) is 3.32. The molecule has 1 N–H and O–H groups in total. The average Bonchev–Trinajstić information content (AvgIpc) is 3.32. The highest BCUT2D eigenvalue weighted by atomic mass is 19.1. The van der Waals surface area contributed by atoms with Gasteiger partial charge < -0.3 is 5.32 Å². The Hall–Kier alpha value is -1.97. The highest BCUT2D eigenvalue weighted by Gasteiger charge is 2.27. The SMILES string of the molecule is CCCNc1cc(-c2cccc(F)c2C)nc(C2CC2)n1. The molecule has 1 heterocycles. The van der Waals surface area contributed by atoms with Crippen molar-refractivity contribution in [1.29, 1.82) is 0 Å². The summed E-state index contributed by atoms with van der Waals surface area (Å²) in [4.78, 5) is 9.25. The minimum atomic E-state index is -0.192. The lowest BCUT2D eigenvalue weighted by atomic mass is 10.0. The number of halogens is 1. The van der Waals surface area contributed by atoms with Crippen molar-refractivity contribution in [3.05, 3.63) is 41.5 Å². The standard InChI is InChI=1S/C17H20FN3/c1-3-9-19-16-10-15(20-17(21-16)12-7-8-12)13-5-4-6-14(18)11(13)2/h4-6,10,12H,3,7-9H2,1-2H3,(H,19,20,21). The first-order valence-electron chi connectivity index (χ1n) is 7.57. The zero-order valence-electron chi connectivity index (χ0n) is 12.5. The molecule has 0 bridgehead atoms. The van der Waals surface area contributed by atoms with E-state index < -0.39 is 0 Å². The molecule has 0 spiro atoms. The molecule has 2 aromatic rings. The van der Waals surface area contributed by atoms with Gasteiger partial charge >= 0.3 is 0 Å². The maximum Gasteiger partial charge on any atom is 0.134 e. The number of nitrogens with zero attached hydrogens (tertiary/aromatic N) is 2. The number of anilines is 1. The molecule has 0 unspecified atom stereocenters. The van der Waals surface area contributed by atoms with Gasteiger partial charge in [0.2, 0.25) is 0 Å². The molecule has 3 nitrogen and oxygen atoms in total. The molecule has 0 atom stereocenters. The van der Waals surface area contributed by atoms with Crippen LogP contribution in [0.5, 0.6) is 0 Å². The van der Waals surface area contributed by atoms with Crippen molar-refractivity contribution in [3.8, 4) is 11.3 Å². The van der Waals surface area contributed by atoms with E-state index in [1.54, 1.807) is 13.0 Å². The largest absolute Gasteiger partial charge is 0.370 e. The molecule has 0 amide bonds. The lowest BCUT2D eigenvalue weighted by molar-refractivity contribution is 0.619. The highest BCUT2D eigenvalue weighted by molar-refractivity contribution is 5.66. The Bertz CT molecular complexity index is 650.